The van der Waals surface area contributed by atoms with Crippen molar-refractivity contribution in [3.05, 3.63) is 90.3 Å². The Hall–Kier alpha value is -3.30. The number of benzene rings is 1. The molecule has 3 aromatic heterocycles. The van der Waals surface area contributed by atoms with Gasteiger partial charge in [0.2, 0.25) is 0 Å². The van der Waals surface area contributed by atoms with Gasteiger partial charge in [-0.15, -0.1) is 0 Å². The van der Waals surface area contributed by atoms with Gasteiger partial charge >= 0.3 is 0 Å². The van der Waals surface area contributed by atoms with E-state index >= 15 is 4.39 Å². The van der Waals surface area contributed by atoms with Crippen molar-refractivity contribution < 1.29 is 9.18 Å². The molecule has 1 aromatic carbocycles. The molecule has 4 aromatic rings. The Morgan fingerprint density at radius 2 is 1.88 bits per heavy atom. The summed E-state index contributed by atoms with van der Waals surface area (Å²) < 4.78 is 16.0. The van der Waals surface area contributed by atoms with Gasteiger partial charge < -0.3 is 10.6 Å². The Balaban J connectivity index is 1.42. The van der Waals surface area contributed by atoms with Crippen molar-refractivity contribution in [2.75, 3.05) is 11.9 Å². The Kier molecular flexibility index (Phi) is 8.21. The minimum Gasteiger partial charge on any atom is -0.350 e. The molecule has 0 spiro atoms. The molecule has 3 heterocycles. The molecule has 0 saturated heterocycles. The molecular formula is C25H24FN5OS2. The monoisotopic (exact) mass is 493 g/mol. The van der Waals surface area contributed by atoms with Crippen LogP contribution in [0.4, 0.5) is 15.3 Å². The minimum atomic E-state index is -0.635. The number of nitrogens with zero attached hydrogens (tertiary/aromatic N) is 3. The van der Waals surface area contributed by atoms with E-state index in [0.29, 0.717) is 22.4 Å². The Labute approximate surface area is 206 Å². The second-order valence-electron chi connectivity index (χ2n) is 7.50. The number of pyridine rings is 2. The lowest BCUT2D eigenvalue weighted by atomic mass is 9.94. The first-order valence-electron chi connectivity index (χ1n) is 10.9. The maximum atomic E-state index is 15.2. The van der Waals surface area contributed by atoms with E-state index in [4.69, 9.17) is 0 Å². The summed E-state index contributed by atoms with van der Waals surface area (Å²) in [6.45, 7) is 2.53. The number of halogens is 1. The first-order chi connectivity index (χ1) is 16.6. The first-order valence-corrected chi connectivity index (χ1v) is 12.6. The Morgan fingerprint density at radius 1 is 1.06 bits per heavy atom. The van der Waals surface area contributed by atoms with Gasteiger partial charge in [0.15, 0.2) is 16.6 Å². The predicted molar refractivity (Wildman–Crippen MR) is 134 cm³/mol. The molecule has 0 fully saturated rings. The highest BCUT2D eigenvalue weighted by Crippen LogP contribution is 2.36. The van der Waals surface area contributed by atoms with Crippen LogP contribution in [0.25, 0.3) is 0 Å². The lowest BCUT2D eigenvalue weighted by Crippen LogP contribution is -2.30. The summed E-state index contributed by atoms with van der Waals surface area (Å²) in [5, 5.41) is 6.64. The van der Waals surface area contributed by atoms with E-state index in [1.165, 1.54) is 29.3 Å². The molecule has 0 radical (unpaired) electrons. The number of rotatable bonds is 10. The van der Waals surface area contributed by atoms with E-state index in [0.717, 1.165) is 22.6 Å². The smallest absolute Gasteiger partial charge is 0.272 e. The summed E-state index contributed by atoms with van der Waals surface area (Å²) in [5.74, 6) is -0.305. The van der Waals surface area contributed by atoms with Crippen LogP contribution in [0, 0.1) is 5.82 Å². The van der Waals surface area contributed by atoms with E-state index in [9.17, 15) is 4.79 Å². The number of carbonyl (C=O) groups excluding carboxylic acids is 1. The highest BCUT2D eigenvalue weighted by atomic mass is 32.2. The second kappa shape index (κ2) is 11.7. The molecule has 0 unspecified atom stereocenters. The molecular weight excluding hydrogens is 469 g/mol. The van der Waals surface area contributed by atoms with E-state index < -0.39 is 11.7 Å². The van der Waals surface area contributed by atoms with Gasteiger partial charge in [0.1, 0.15) is 5.82 Å². The van der Waals surface area contributed by atoms with Gasteiger partial charge in [0.25, 0.3) is 5.91 Å². The second-order valence-corrected chi connectivity index (χ2v) is 9.88. The summed E-state index contributed by atoms with van der Waals surface area (Å²) in [7, 11) is 0. The number of nitrogens with one attached hydrogen (secondary N) is 2. The van der Waals surface area contributed by atoms with E-state index in [2.05, 4.69) is 44.6 Å². The standard InChI is InChI=1S/C25H24FN5OS2/c1-2-8-18(17-9-4-3-5-10-17)15-29-24(32)23-22(26)19(12-14-28-23)33-21-16-30-25(34-21)31-20-11-6-7-13-27-20/h3-7,9-14,16,18H,2,8,15H2,1H3,(H,29,32)(H,27,30,31)/t18-/m0/s1. The summed E-state index contributed by atoms with van der Waals surface area (Å²) >= 11 is 2.58. The van der Waals surface area contributed by atoms with Crippen molar-refractivity contribution in [3.63, 3.8) is 0 Å². The zero-order valence-electron chi connectivity index (χ0n) is 18.6. The van der Waals surface area contributed by atoms with Crippen LogP contribution in [-0.4, -0.2) is 27.4 Å². The molecule has 4 rings (SSSR count). The van der Waals surface area contributed by atoms with Crippen LogP contribution < -0.4 is 10.6 Å². The summed E-state index contributed by atoms with van der Waals surface area (Å²) in [6.07, 6.45) is 6.72. The van der Waals surface area contributed by atoms with Gasteiger partial charge in [-0.2, -0.15) is 0 Å². The van der Waals surface area contributed by atoms with Crippen LogP contribution in [0.15, 0.2) is 82.3 Å². The van der Waals surface area contributed by atoms with Gasteiger partial charge in [-0.3, -0.25) is 4.79 Å². The van der Waals surface area contributed by atoms with E-state index in [-0.39, 0.29) is 11.6 Å². The van der Waals surface area contributed by atoms with Crippen LogP contribution in [0.5, 0.6) is 0 Å². The molecule has 34 heavy (non-hydrogen) atoms. The summed E-state index contributed by atoms with van der Waals surface area (Å²) in [5.41, 5.74) is 0.951. The van der Waals surface area contributed by atoms with Crippen LogP contribution in [0.1, 0.15) is 41.7 Å². The third-order valence-electron chi connectivity index (χ3n) is 5.08. The lowest BCUT2D eigenvalue weighted by Gasteiger charge is -2.17. The third-order valence-corrected chi connectivity index (χ3v) is 7.13. The number of hydrogen-bond donors (Lipinski definition) is 2. The van der Waals surface area contributed by atoms with Crippen molar-refractivity contribution >= 4 is 40.0 Å². The maximum Gasteiger partial charge on any atom is 0.272 e. The van der Waals surface area contributed by atoms with Gasteiger partial charge in [-0.1, -0.05) is 72.8 Å². The number of thiazole rings is 1. The molecule has 6 nitrogen and oxygen atoms in total. The van der Waals surface area contributed by atoms with Crippen molar-refractivity contribution in [2.24, 2.45) is 0 Å². The van der Waals surface area contributed by atoms with Crippen LogP contribution in [0.3, 0.4) is 0 Å². The zero-order valence-corrected chi connectivity index (χ0v) is 20.2. The number of carbonyl (C=O) groups is 1. The third kappa shape index (κ3) is 6.18. The van der Waals surface area contributed by atoms with E-state index in [1.54, 1.807) is 18.5 Å². The quantitative estimate of drug-likeness (QED) is 0.271. The molecule has 0 aliphatic rings. The average molecular weight is 494 g/mol. The number of anilines is 2. The fourth-order valence-corrected chi connectivity index (χ4v) is 5.31. The highest BCUT2D eigenvalue weighted by molar-refractivity contribution is 8.01. The molecule has 0 bridgehead atoms. The average Bonchev–Trinajstić information content (AvgIpc) is 3.30. The lowest BCUT2D eigenvalue weighted by molar-refractivity contribution is 0.0940. The van der Waals surface area contributed by atoms with Gasteiger partial charge in [-0.25, -0.2) is 19.3 Å². The number of hydrogen-bond acceptors (Lipinski definition) is 7. The summed E-state index contributed by atoms with van der Waals surface area (Å²) in [6, 6.07) is 17.1. The normalized spacial score (nSPS) is 11.7. The zero-order chi connectivity index (χ0) is 23.8. The number of amides is 1. The fourth-order valence-electron chi connectivity index (χ4n) is 3.44. The largest absolute Gasteiger partial charge is 0.350 e. The van der Waals surface area contributed by atoms with Crippen molar-refractivity contribution in [3.8, 4) is 0 Å². The Bertz CT molecular complexity index is 1220. The van der Waals surface area contributed by atoms with Crippen LogP contribution >= 0.6 is 23.1 Å². The Morgan fingerprint density at radius 3 is 2.65 bits per heavy atom. The highest BCUT2D eigenvalue weighted by Gasteiger charge is 2.20. The van der Waals surface area contributed by atoms with Crippen molar-refractivity contribution in [1.82, 2.24) is 20.3 Å². The molecule has 0 saturated carbocycles. The van der Waals surface area contributed by atoms with Crippen molar-refractivity contribution in [2.45, 2.75) is 34.8 Å². The molecule has 1 atom stereocenters. The van der Waals surface area contributed by atoms with Crippen LogP contribution in [-0.2, 0) is 0 Å². The van der Waals surface area contributed by atoms with Crippen molar-refractivity contribution in [1.29, 1.82) is 0 Å². The fraction of sp³-hybridized carbons (Fsp3) is 0.200. The topological polar surface area (TPSA) is 79.8 Å². The maximum absolute atomic E-state index is 15.2. The first kappa shape index (κ1) is 23.8. The SMILES string of the molecule is CCC[C@@H](CNC(=O)c1nccc(Sc2cnc(Nc3ccccn3)s2)c1F)c1ccccc1. The molecule has 2 N–H and O–H groups in total. The molecule has 1 amide bonds. The number of aromatic nitrogens is 3. The van der Waals surface area contributed by atoms with Gasteiger partial charge in [-0.05, 0) is 30.2 Å². The van der Waals surface area contributed by atoms with Crippen LogP contribution in [0.2, 0.25) is 0 Å². The molecule has 0 aliphatic heterocycles. The predicted octanol–water partition coefficient (Wildman–Crippen LogP) is 6.28. The molecule has 0 aliphatic carbocycles. The minimum absolute atomic E-state index is 0.165. The van der Waals surface area contributed by atoms with E-state index in [1.807, 2.05) is 36.4 Å². The van der Waals surface area contributed by atoms with Gasteiger partial charge in [0.05, 0.1) is 15.3 Å². The summed E-state index contributed by atoms with van der Waals surface area (Å²) in [4.78, 5) is 25.6. The molecule has 174 valence electrons. The van der Waals surface area contributed by atoms with Gasteiger partial charge in [0, 0.05) is 24.9 Å². The molecule has 9 heteroatoms.